The number of thioether (sulfide) groups is 2. The molecule has 5 heteroatoms. The van der Waals surface area contributed by atoms with Crippen LogP contribution in [0.25, 0.3) is 0 Å². The van der Waals surface area contributed by atoms with E-state index in [4.69, 9.17) is 0 Å². The second-order valence-corrected chi connectivity index (χ2v) is 8.87. The highest BCUT2D eigenvalue weighted by Gasteiger charge is 2.16. The molecule has 2 aromatic carbocycles. The molecular formula is C20H23NO2S2. The van der Waals surface area contributed by atoms with Gasteiger partial charge in [0.15, 0.2) is 0 Å². The number of aliphatic hydroxyl groups excluding tert-OH is 1. The minimum absolute atomic E-state index is 0.0601. The number of rotatable bonds is 5. The van der Waals surface area contributed by atoms with Crippen molar-refractivity contribution in [3.8, 4) is 0 Å². The number of amides is 1. The number of hydrogen-bond donors (Lipinski definition) is 2. The van der Waals surface area contributed by atoms with Crippen LogP contribution < -0.4 is 5.32 Å². The van der Waals surface area contributed by atoms with E-state index in [0.29, 0.717) is 16.7 Å². The first-order valence-corrected chi connectivity index (χ1v) is 10.6. The van der Waals surface area contributed by atoms with E-state index < -0.39 is 6.10 Å². The smallest absolute Gasteiger partial charge is 0.251 e. The Morgan fingerprint density at radius 3 is 2.36 bits per heavy atom. The van der Waals surface area contributed by atoms with Gasteiger partial charge in [0, 0.05) is 12.1 Å². The molecule has 3 rings (SSSR count). The van der Waals surface area contributed by atoms with E-state index in [1.807, 2.05) is 59.9 Å². The van der Waals surface area contributed by atoms with Crippen LogP contribution in [0, 0.1) is 0 Å². The van der Waals surface area contributed by atoms with E-state index >= 15 is 0 Å². The van der Waals surface area contributed by atoms with Crippen molar-refractivity contribution in [2.75, 3.05) is 11.5 Å². The molecule has 1 saturated heterocycles. The van der Waals surface area contributed by atoms with E-state index in [1.54, 1.807) is 6.92 Å². The van der Waals surface area contributed by atoms with Crippen molar-refractivity contribution in [1.29, 1.82) is 0 Å². The van der Waals surface area contributed by atoms with E-state index in [-0.39, 0.29) is 5.91 Å². The molecule has 2 aromatic rings. The molecule has 132 valence electrons. The minimum atomic E-state index is -0.470. The molecule has 1 atom stereocenters. The first-order chi connectivity index (χ1) is 12.1. The van der Waals surface area contributed by atoms with Crippen molar-refractivity contribution in [3.63, 3.8) is 0 Å². The maximum atomic E-state index is 12.3. The molecule has 1 heterocycles. The Bertz CT molecular complexity index is 693. The van der Waals surface area contributed by atoms with Gasteiger partial charge in [0.25, 0.3) is 5.91 Å². The quantitative estimate of drug-likeness (QED) is 0.808. The largest absolute Gasteiger partial charge is 0.389 e. The summed E-state index contributed by atoms with van der Waals surface area (Å²) < 4.78 is 0.498. The Labute approximate surface area is 157 Å². The second-order valence-electron chi connectivity index (χ2n) is 6.15. The average molecular weight is 374 g/mol. The molecule has 1 aliphatic rings. The Morgan fingerprint density at radius 1 is 1.12 bits per heavy atom. The van der Waals surface area contributed by atoms with Gasteiger partial charge in [-0.2, -0.15) is 0 Å². The highest BCUT2D eigenvalue weighted by atomic mass is 32.2. The fourth-order valence-corrected chi connectivity index (χ4v) is 5.56. The van der Waals surface area contributed by atoms with Crippen LogP contribution in [0.2, 0.25) is 0 Å². The predicted molar refractivity (Wildman–Crippen MR) is 107 cm³/mol. The molecule has 3 nitrogen and oxygen atoms in total. The van der Waals surface area contributed by atoms with Crippen molar-refractivity contribution in [1.82, 2.24) is 5.32 Å². The van der Waals surface area contributed by atoms with Gasteiger partial charge in [0.1, 0.15) is 0 Å². The lowest BCUT2D eigenvalue weighted by Gasteiger charge is -2.21. The Kier molecular flexibility index (Phi) is 6.45. The van der Waals surface area contributed by atoms with E-state index in [9.17, 15) is 9.90 Å². The molecule has 0 unspecified atom stereocenters. The SMILES string of the molecule is C[C@@H](O)c1ccc(CNC(=O)c2ccc(C3SCCCS3)cc2)cc1. The molecule has 25 heavy (non-hydrogen) atoms. The van der Waals surface area contributed by atoms with E-state index in [1.165, 1.54) is 23.5 Å². The third-order valence-electron chi connectivity index (χ3n) is 4.19. The number of nitrogens with one attached hydrogen (secondary N) is 1. The van der Waals surface area contributed by atoms with Crippen LogP contribution in [0.5, 0.6) is 0 Å². The lowest BCUT2D eigenvalue weighted by Crippen LogP contribution is -2.22. The summed E-state index contributed by atoms with van der Waals surface area (Å²) >= 11 is 3.97. The second kappa shape index (κ2) is 8.79. The zero-order chi connectivity index (χ0) is 17.6. The zero-order valence-corrected chi connectivity index (χ0v) is 15.9. The van der Waals surface area contributed by atoms with Crippen molar-refractivity contribution >= 4 is 29.4 Å². The third-order valence-corrected chi connectivity index (χ3v) is 7.20. The van der Waals surface area contributed by atoms with Gasteiger partial charge in [0.2, 0.25) is 0 Å². The van der Waals surface area contributed by atoms with Crippen LogP contribution in [-0.4, -0.2) is 22.5 Å². The third kappa shape index (κ3) is 5.03. The molecule has 1 amide bonds. The summed E-state index contributed by atoms with van der Waals surface area (Å²) in [7, 11) is 0. The predicted octanol–water partition coefficient (Wildman–Crippen LogP) is 4.54. The van der Waals surface area contributed by atoms with Gasteiger partial charge in [-0.25, -0.2) is 0 Å². The number of benzene rings is 2. The lowest BCUT2D eigenvalue weighted by molar-refractivity contribution is 0.0951. The normalized spacial score (nSPS) is 16.4. The summed E-state index contributed by atoms with van der Waals surface area (Å²) in [5, 5.41) is 12.5. The Morgan fingerprint density at radius 2 is 1.76 bits per heavy atom. The highest BCUT2D eigenvalue weighted by Crippen LogP contribution is 2.43. The Hall–Kier alpha value is -1.43. The monoisotopic (exact) mass is 373 g/mol. The van der Waals surface area contributed by atoms with Crippen molar-refractivity contribution in [2.45, 2.75) is 30.6 Å². The van der Waals surface area contributed by atoms with Crippen LogP contribution in [0.15, 0.2) is 48.5 Å². The van der Waals surface area contributed by atoms with Gasteiger partial charge in [-0.1, -0.05) is 36.4 Å². The number of aliphatic hydroxyl groups is 1. The van der Waals surface area contributed by atoms with Gasteiger partial charge < -0.3 is 10.4 Å². The fraction of sp³-hybridized carbons (Fsp3) is 0.350. The van der Waals surface area contributed by atoms with Crippen LogP contribution in [0.1, 0.15) is 51.1 Å². The first-order valence-electron chi connectivity index (χ1n) is 8.52. The van der Waals surface area contributed by atoms with E-state index in [0.717, 1.165) is 11.1 Å². The molecule has 0 aromatic heterocycles. The van der Waals surface area contributed by atoms with E-state index in [2.05, 4.69) is 17.4 Å². The molecule has 0 bridgehead atoms. The summed E-state index contributed by atoms with van der Waals surface area (Å²) in [6.07, 6.45) is 0.812. The topological polar surface area (TPSA) is 49.3 Å². The zero-order valence-electron chi connectivity index (χ0n) is 14.3. The highest BCUT2D eigenvalue weighted by molar-refractivity contribution is 8.16. The van der Waals surface area contributed by atoms with Gasteiger partial charge in [-0.3, -0.25) is 4.79 Å². The number of carbonyl (C=O) groups excluding carboxylic acids is 1. The molecule has 2 N–H and O–H groups in total. The number of hydrogen-bond acceptors (Lipinski definition) is 4. The maximum Gasteiger partial charge on any atom is 0.251 e. The Balaban J connectivity index is 1.55. The summed E-state index contributed by atoms with van der Waals surface area (Å²) in [5.41, 5.74) is 3.88. The minimum Gasteiger partial charge on any atom is -0.389 e. The molecule has 1 fully saturated rings. The van der Waals surface area contributed by atoms with Crippen molar-refractivity contribution in [3.05, 3.63) is 70.8 Å². The van der Waals surface area contributed by atoms with Crippen LogP contribution in [0.3, 0.4) is 0 Å². The van der Waals surface area contributed by atoms with Gasteiger partial charge in [0.05, 0.1) is 10.7 Å². The molecule has 0 aliphatic carbocycles. The van der Waals surface area contributed by atoms with Crippen LogP contribution >= 0.6 is 23.5 Å². The van der Waals surface area contributed by atoms with Crippen LogP contribution in [0.4, 0.5) is 0 Å². The summed E-state index contributed by atoms with van der Waals surface area (Å²) in [6, 6.07) is 15.6. The summed E-state index contributed by atoms with van der Waals surface area (Å²) in [4.78, 5) is 12.3. The first kappa shape index (κ1) is 18.4. The molecule has 1 aliphatic heterocycles. The average Bonchev–Trinajstić information content (AvgIpc) is 2.67. The standard InChI is InChI=1S/C20H23NO2S2/c1-14(22)16-5-3-15(4-6-16)13-21-19(23)17-7-9-18(10-8-17)20-24-11-2-12-25-20/h3-10,14,20,22H,2,11-13H2,1H3,(H,21,23)/t14-/m1/s1. The molecular weight excluding hydrogens is 350 g/mol. The molecule has 0 spiro atoms. The fourth-order valence-electron chi connectivity index (χ4n) is 2.67. The van der Waals surface area contributed by atoms with Gasteiger partial charge in [-0.15, -0.1) is 23.5 Å². The van der Waals surface area contributed by atoms with Crippen molar-refractivity contribution in [2.24, 2.45) is 0 Å². The lowest BCUT2D eigenvalue weighted by atomic mass is 10.1. The van der Waals surface area contributed by atoms with Crippen LogP contribution in [-0.2, 0) is 6.54 Å². The molecule has 0 saturated carbocycles. The van der Waals surface area contributed by atoms with Gasteiger partial charge >= 0.3 is 0 Å². The maximum absolute atomic E-state index is 12.3. The number of carbonyl (C=O) groups is 1. The van der Waals surface area contributed by atoms with Gasteiger partial charge in [-0.05, 0) is 53.7 Å². The molecule has 0 radical (unpaired) electrons. The van der Waals surface area contributed by atoms with Crippen molar-refractivity contribution < 1.29 is 9.90 Å². The summed E-state index contributed by atoms with van der Waals surface area (Å²) in [5.74, 6) is 2.37. The summed E-state index contributed by atoms with van der Waals surface area (Å²) in [6.45, 7) is 2.22.